The Bertz CT molecular complexity index is 782. The minimum Gasteiger partial charge on any atom is -0.0614 e. The van der Waals surface area contributed by atoms with Crippen LogP contribution in [0.3, 0.4) is 0 Å². The SMILES string of the molecule is Cc1cccc(-c2ccc(C)c(-c3cccc(C)c3)c2)c1. The molecule has 0 bridgehead atoms. The molecule has 0 aliphatic carbocycles. The number of benzene rings is 3. The van der Waals surface area contributed by atoms with Gasteiger partial charge in [-0.05, 0) is 54.7 Å². The van der Waals surface area contributed by atoms with Gasteiger partial charge >= 0.3 is 0 Å². The van der Waals surface area contributed by atoms with Crippen LogP contribution in [0.15, 0.2) is 66.7 Å². The number of hydrogen-bond acceptors (Lipinski definition) is 0. The Balaban J connectivity index is 2.12. The Morgan fingerprint density at radius 3 is 1.76 bits per heavy atom. The van der Waals surface area contributed by atoms with Crippen LogP contribution in [-0.2, 0) is 0 Å². The smallest absolute Gasteiger partial charge is 0.0148 e. The van der Waals surface area contributed by atoms with Crippen LogP contribution in [0.5, 0.6) is 0 Å². The minimum absolute atomic E-state index is 1.28. The average molecular weight is 272 g/mol. The third-order valence-corrected chi connectivity index (χ3v) is 3.92. The van der Waals surface area contributed by atoms with Gasteiger partial charge in [0.05, 0.1) is 0 Å². The van der Waals surface area contributed by atoms with Crippen LogP contribution >= 0.6 is 0 Å². The molecule has 0 amide bonds. The summed E-state index contributed by atoms with van der Waals surface area (Å²) >= 11 is 0. The molecule has 0 saturated carbocycles. The van der Waals surface area contributed by atoms with Gasteiger partial charge in [0, 0.05) is 0 Å². The first kappa shape index (κ1) is 13.6. The Morgan fingerprint density at radius 1 is 0.524 bits per heavy atom. The van der Waals surface area contributed by atoms with E-state index < -0.39 is 0 Å². The van der Waals surface area contributed by atoms with Gasteiger partial charge in [-0.25, -0.2) is 0 Å². The van der Waals surface area contributed by atoms with Gasteiger partial charge in [-0.2, -0.15) is 0 Å². The maximum absolute atomic E-state index is 2.30. The summed E-state index contributed by atoms with van der Waals surface area (Å²) in [5, 5.41) is 0. The molecule has 0 fully saturated rings. The molecule has 0 nitrogen and oxygen atoms in total. The van der Waals surface area contributed by atoms with E-state index in [0.29, 0.717) is 0 Å². The second-order valence-electron chi connectivity index (χ2n) is 5.77. The van der Waals surface area contributed by atoms with Gasteiger partial charge in [-0.15, -0.1) is 0 Å². The quantitative estimate of drug-likeness (QED) is 0.541. The van der Waals surface area contributed by atoms with Gasteiger partial charge < -0.3 is 0 Å². The van der Waals surface area contributed by atoms with Gasteiger partial charge in [0.2, 0.25) is 0 Å². The maximum Gasteiger partial charge on any atom is -0.0148 e. The largest absolute Gasteiger partial charge is 0.0614 e. The number of hydrogen-bond donors (Lipinski definition) is 0. The van der Waals surface area contributed by atoms with Gasteiger partial charge in [0.1, 0.15) is 0 Å². The minimum atomic E-state index is 1.28. The molecule has 21 heavy (non-hydrogen) atoms. The van der Waals surface area contributed by atoms with E-state index >= 15 is 0 Å². The van der Waals surface area contributed by atoms with Crippen molar-refractivity contribution in [1.82, 2.24) is 0 Å². The van der Waals surface area contributed by atoms with E-state index in [1.165, 1.54) is 38.9 Å². The summed E-state index contributed by atoms with van der Waals surface area (Å²) < 4.78 is 0. The average Bonchev–Trinajstić information content (AvgIpc) is 2.47. The first-order valence-electron chi connectivity index (χ1n) is 7.38. The molecule has 0 aliphatic rings. The fraction of sp³-hybridized carbons (Fsp3) is 0.143. The van der Waals surface area contributed by atoms with Crippen molar-refractivity contribution < 1.29 is 0 Å². The van der Waals surface area contributed by atoms with Crippen LogP contribution in [0.1, 0.15) is 16.7 Å². The Hall–Kier alpha value is -2.34. The zero-order valence-electron chi connectivity index (χ0n) is 12.9. The van der Waals surface area contributed by atoms with Gasteiger partial charge in [0.15, 0.2) is 0 Å². The molecule has 3 rings (SSSR count). The number of aryl methyl sites for hydroxylation is 3. The molecule has 0 unspecified atom stereocenters. The second-order valence-corrected chi connectivity index (χ2v) is 5.77. The van der Waals surface area contributed by atoms with Gasteiger partial charge in [-0.3, -0.25) is 0 Å². The Labute approximate surface area is 127 Å². The molecule has 0 radical (unpaired) electrons. The summed E-state index contributed by atoms with van der Waals surface area (Å²) in [7, 11) is 0. The van der Waals surface area contributed by atoms with Crippen molar-refractivity contribution in [2.45, 2.75) is 20.8 Å². The molecular formula is C21H20. The fourth-order valence-electron chi connectivity index (χ4n) is 2.75. The lowest BCUT2D eigenvalue weighted by Gasteiger charge is -2.11. The molecule has 0 heteroatoms. The Morgan fingerprint density at radius 2 is 1.10 bits per heavy atom. The normalized spacial score (nSPS) is 10.6. The highest BCUT2D eigenvalue weighted by Gasteiger charge is 2.05. The standard InChI is InChI=1S/C21H20/c1-15-6-4-8-18(12-15)19-11-10-17(3)21(14-19)20-9-5-7-16(2)13-20/h4-14H,1-3H3. The molecule has 0 N–H and O–H groups in total. The third-order valence-electron chi connectivity index (χ3n) is 3.92. The summed E-state index contributed by atoms with van der Waals surface area (Å²) in [4.78, 5) is 0. The van der Waals surface area contributed by atoms with Crippen molar-refractivity contribution in [2.24, 2.45) is 0 Å². The molecule has 0 spiro atoms. The maximum atomic E-state index is 2.30. The third kappa shape index (κ3) is 2.90. The number of rotatable bonds is 2. The van der Waals surface area contributed by atoms with E-state index in [9.17, 15) is 0 Å². The molecule has 3 aromatic rings. The summed E-state index contributed by atoms with van der Waals surface area (Å²) in [5.41, 5.74) is 9.08. The second kappa shape index (κ2) is 5.57. The van der Waals surface area contributed by atoms with Crippen molar-refractivity contribution >= 4 is 0 Å². The lowest BCUT2D eigenvalue weighted by Crippen LogP contribution is -1.87. The van der Waals surface area contributed by atoms with Crippen molar-refractivity contribution in [1.29, 1.82) is 0 Å². The monoisotopic (exact) mass is 272 g/mol. The van der Waals surface area contributed by atoms with Crippen molar-refractivity contribution in [3.8, 4) is 22.3 Å². The highest BCUT2D eigenvalue weighted by molar-refractivity contribution is 5.75. The molecular weight excluding hydrogens is 252 g/mol. The highest BCUT2D eigenvalue weighted by atomic mass is 14.1. The molecule has 104 valence electrons. The summed E-state index contributed by atoms with van der Waals surface area (Å²) in [6.07, 6.45) is 0. The molecule has 0 atom stereocenters. The van der Waals surface area contributed by atoms with E-state index in [-0.39, 0.29) is 0 Å². The van der Waals surface area contributed by atoms with Crippen LogP contribution in [0.2, 0.25) is 0 Å². The molecule has 3 aromatic carbocycles. The zero-order chi connectivity index (χ0) is 14.8. The van der Waals surface area contributed by atoms with Crippen molar-refractivity contribution in [3.05, 3.63) is 83.4 Å². The predicted molar refractivity (Wildman–Crippen MR) is 91.5 cm³/mol. The van der Waals surface area contributed by atoms with E-state index in [1.54, 1.807) is 0 Å². The summed E-state index contributed by atoms with van der Waals surface area (Å²) in [6.45, 7) is 6.46. The van der Waals surface area contributed by atoms with Crippen LogP contribution in [0, 0.1) is 20.8 Å². The molecule has 0 aliphatic heterocycles. The summed E-state index contributed by atoms with van der Waals surface area (Å²) in [5.74, 6) is 0. The first-order valence-corrected chi connectivity index (χ1v) is 7.38. The highest BCUT2D eigenvalue weighted by Crippen LogP contribution is 2.30. The van der Waals surface area contributed by atoms with Crippen molar-refractivity contribution in [3.63, 3.8) is 0 Å². The first-order chi connectivity index (χ1) is 10.1. The van der Waals surface area contributed by atoms with Crippen LogP contribution < -0.4 is 0 Å². The lowest BCUT2D eigenvalue weighted by molar-refractivity contribution is 1.42. The molecule has 0 heterocycles. The zero-order valence-corrected chi connectivity index (χ0v) is 12.9. The van der Waals surface area contributed by atoms with Crippen LogP contribution in [-0.4, -0.2) is 0 Å². The van der Waals surface area contributed by atoms with Crippen molar-refractivity contribution in [2.75, 3.05) is 0 Å². The van der Waals surface area contributed by atoms with Gasteiger partial charge in [-0.1, -0.05) is 71.8 Å². The predicted octanol–water partition coefficient (Wildman–Crippen LogP) is 5.95. The van der Waals surface area contributed by atoms with Crippen LogP contribution in [0.25, 0.3) is 22.3 Å². The fourth-order valence-corrected chi connectivity index (χ4v) is 2.75. The van der Waals surface area contributed by atoms with E-state index in [4.69, 9.17) is 0 Å². The van der Waals surface area contributed by atoms with E-state index in [0.717, 1.165) is 0 Å². The van der Waals surface area contributed by atoms with Crippen LogP contribution in [0.4, 0.5) is 0 Å². The van der Waals surface area contributed by atoms with E-state index in [2.05, 4.69) is 87.5 Å². The van der Waals surface area contributed by atoms with Gasteiger partial charge in [0.25, 0.3) is 0 Å². The van der Waals surface area contributed by atoms with E-state index in [1.807, 2.05) is 0 Å². The molecule has 0 aromatic heterocycles. The molecule has 0 saturated heterocycles. The Kier molecular flexibility index (Phi) is 3.62. The lowest BCUT2D eigenvalue weighted by atomic mass is 9.94. The summed E-state index contributed by atoms with van der Waals surface area (Å²) in [6, 6.07) is 24.1. The topological polar surface area (TPSA) is 0 Å².